The van der Waals surface area contributed by atoms with E-state index in [4.69, 9.17) is 4.74 Å². The van der Waals surface area contributed by atoms with Crippen molar-refractivity contribution in [3.8, 4) is 0 Å². The van der Waals surface area contributed by atoms with E-state index in [1.54, 1.807) is 44.2 Å². The van der Waals surface area contributed by atoms with Crippen molar-refractivity contribution in [1.29, 1.82) is 0 Å². The van der Waals surface area contributed by atoms with E-state index < -0.39 is 16.8 Å². The van der Waals surface area contributed by atoms with E-state index in [1.807, 2.05) is 0 Å². The Hall–Kier alpha value is -3.22. The van der Waals surface area contributed by atoms with Gasteiger partial charge in [0.15, 0.2) is 5.78 Å². The third kappa shape index (κ3) is 4.16. The van der Waals surface area contributed by atoms with Gasteiger partial charge in [-0.15, -0.1) is 0 Å². The zero-order valence-electron chi connectivity index (χ0n) is 13.2. The molecule has 0 saturated carbocycles. The molecule has 1 N–H and O–H groups in total. The van der Waals surface area contributed by atoms with Crippen LogP contribution in [0.15, 0.2) is 48.5 Å². The molecule has 0 unspecified atom stereocenters. The van der Waals surface area contributed by atoms with Crippen LogP contribution in [0.1, 0.15) is 29.8 Å². The topological polar surface area (TPSA) is 98.5 Å². The second-order valence-corrected chi connectivity index (χ2v) is 5.26. The fourth-order valence-electron chi connectivity index (χ4n) is 2.04. The van der Waals surface area contributed by atoms with E-state index in [2.05, 4.69) is 5.32 Å². The summed E-state index contributed by atoms with van der Waals surface area (Å²) in [5, 5.41) is 13.4. The Kier molecular flexibility index (Phi) is 5.26. The fourth-order valence-corrected chi connectivity index (χ4v) is 2.04. The number of nitrogens with zero attached hydrogens (tertiary/aromatic N) is 1. The van der Waals surface area contributed by atoms with E-state index in [0.29, 0.717) is 5.56 Å². The summed E-state index contributed by atoms with van der Waals surface area (Å²) in [5.41, 5.74) is 0.298. The maximum Gasteiger partial charge on any atom is 0.411 e. The molecule has 0 saturated heterocycles. The summed E-state index contributed by atoms with van der Waals surface area (Å²) < 4.78 is 4.98. The van der Waals surface area contributed by atoms with Crippen LogP contribution in [0.2, 0.25) is 0 Å². The highest BCUT2D eigenvalue weighted by Gasteiger charge is 2.20. The van der Waals surface area contributed by atoms with Gasteiger partial charge in [0, 0.05) is 17.7 Å². The molecule has 0 aliphatic carbocycles. The first-order chi connectivity index (χ1) is 11.4. The normalized spacial score (nSPS) is 10.3. The number of rotatable bonds is 5. The molecule has 0 heterocycles. The zero-order chi connectivity index (χ0) is 17.7. The number of nitro benzene ring substituents is 1. The smallest absolute Gasteiger partial charge is 0.411 e. The van der Waals surface area contributed by atoms with Gasteiger partial charge in [-0.2, -0.15) is 0 Å². The van der Waals surface area contributed by atoms with Gasteiger partial charge in [-0.25, -0.2) is 4.79 Å². The van der Waals surface area contributed by atoms with Crippen LogP contribution in [0, 0.1) is 10.1 Å². The molecular formula is C17H16N2O5. The van der Waals surface area contributed by atoms with Gasteiger partial charge in [-0.05, 0) is 19.9 Å². The largest absolute Gasteiger partial charge is 0.447 e. The Bertz CT molecular complexity index is 772. The molecule has 124 valence electrons. The highest BCUT2D eigenvalue weighted by atomic mass is 16.6. The lowest BCUT2D eigenvalue weighted by atomic mass is 10.0. The molecule has 0 aliphatic rings. The summed E-state index contributed by atoms with van der Waals surface area (Å²) in [7, 11) is 0. The average molecular weight is 328 g/mol. The van der Waals surface area contributed by atoms with Gasteiger partial charge in [0.1, 0.15) is 0 Å². The molecule has 0 spiro atoms. The third-order valence-corrected chi connectivity index (χ3v) is 3.07. The number of non-ortho nitro benzene ring substituents is 1. The van der Waals surface area contributed by atoms with Crippen LogP contribution in [0.4, 0.5) is 16.2 Å². The Labute approximate surface area is 138 Å². The van der Waals surface area contributed by atoms with Crippen molar-refractivity contribution >= 4 is 23.3 Å². The molecule has 2 aromatic rings. The molecule has 1 amide bonds. The molecule has 0 atom stereocenters. The third-order valence-electron chi connectivity index (χ3n) is 3.07. The van der Waals surface area contributed by atoms with Gasteiger partial charge >= 0.3 is 6.09 Å². The Balaban J connectivity index is 2.42. The first-order valence-electron chi connectivity index (χ1n) is 7.24. The number of hydrogen-bond acceptors (Lipinski definition) is 5. The lowest BCUT2D eigenvalue weighted by molar-refractivity contribution is -0.384. The van der Waals surface area contributed by atoms with Crippen LogP contribution in [0.5, 0.6) is 0 Å². The van der Waals surface area contributed by atoms with Crippen LogP contribution >= 0.6 is 0 Å². The molecular weight excluding hydrogens is 312 g/mol. The van der Waals surface area contributed by atoms with Crippen LogP contribution < -0.4 is 5.32 Å². The summed E-state index contributed by atoms with van der Waals surface area (Å²) >= 11 is 0. The number of hydrogen-bond donors (Lipinski definition) is 1. The van der Waals surface area contributed by atoms with Crippen LogP contribution in [-0.2, 0) is 4.74 Å². The molecule has 24 heavy (non-hydrogen) atoms. The summed E-state index contributed by atoms with van der Waals surface area (Å²) in [5.74, 6) is -0.431. The Morgan fingerprint density at radius 2 is 1.79 bits per heavy atom. The number of ether oxygens (including phenoxy) is 1. The lowest BCUT2D eigenvalue weighted by Crippen LogP contribution is -2.19. The zero-order valence-corrected chi connectivity index (χ0v) is 13.2. The molecule has 0 radical (unpaired) electrons. The van der Waals surface area contributed by atoms with Gasteiger partial charge in [-0.3, -0.25) is 20.2 Å². The van der Waals surface area contributed by atoms with Crippen molar-refractivity contribution in [2.75, 3.05) is 5.32 Å². The molecule has 2 aromatic carbocycles. The fraction of sp³-hybridized carbons (Fsp3) is 0.176. The number of benzene rings is 2. The standard InChI is InChI=1S/C17H16N2O5/c1-11(2)24-17(21)18-15-9-8-13(19(22)23)10-14(15)16(20)12-6-4-3-5-7-12/h3-11H,1-2H3,(H,18,21). The van der Waals surface area contributed by atoms with Gasteiger partial charge in [0.25, 0.3) is 5.69 Å². The second-order valence-electron chi connectivity index (χ2n) is 5.26. The van der Waals surface area contributed by atoms with Crippen molar-refractivity contribution in [3.05, 3.63) is 69.8 Å². The number of amides is 1. The highest BCUT2D eigenvalue weighted by Crippen LogP contribution is 2.25. The SMILES string of the molecule is CC(C)OC(=O)Nc1ccc([N+](=O)[O-])cc1C(=O)c1ccccc1. The maximum absolute atomic E-state index is 12.6. The number of carbonyl (C=O) groups excluding carboxylic acids is 2. The van der Waals surface area contributed by atoms with Gasteiger partial charge in [-0.1, -0.05) is 30.3 Å². The summed E-state index contributed by atoms with van der Waals surface area (Å²) in [6.07, 6.45) is -1.07. The van der Waals surface area contributed by atoms with E-state index >= 15 is 0 Å². The first kappa shape index (κ1) is 17.1. The van der Waals surface area contributed by atoms with E-state index in [1.165, 1.54) is 12.1 Å². The van der Waals surface area contributed by atoms with E-state index in [0.717, 1.165) is 6.07 Å². The predicted molar refractivity (Wildman–Crippen MR) is 88.2 cm³/mol. The van der Waals surface area contributed by atoms with Crippen LogP contribution in [-0.4, -0.2) is 22.9 Å². The number of carbonyl (C=O) groups is 2. The van der Waals surface area contributed by atoms with E-state index in [9.17, 15) is 19.7 Å². The lowest BCUT2D eigenvalue weighted by Gasteiger charge is -2.12. The van der Waals surface area contributed by atoms with Crippen LogP contribution in [0.3, 0.4) is 0 Å². The molecule has 7 heteroatoms. The van der Waals surface area contributed by atoms with Gasteiger partial charge in [0.2, 0.25) is 0 Å². The van der Waals surface area contributed by atoms with Crippen molar-refractivity contribution < 1.29 is 19.2 Å². The second kappa shape index (κ2) is 7.36. The first-order valence-corrected chi connectivity index (χ1v) is 7.24. The van der Waals surface area contributed by atoms with Crippen molar-refractivity contribution in [1.82, 2.24) is 0 Å². The molecule has 0 aliphatic heterocycles. The van der Waals surface area contributed by atoms with Gasteiger partial charge < -0.3 is 4.74 Å². The summed E-state index contributed by atoms with van der Waals surface area (Å²) in [4.78, 5) is 34.8. The van der Waals surface area contributed by atoms with Crippen molar-refractivity contribution in [3.63, 3.8) is 0 Å². The quantitative estimate of drug-likeness (QED) is 0.511. The molecule has 7 nitrogen and oxygen atoms in total. The Morgan fingerprint density at radius 3 is 2.38 bits per heavy atom. The molecule has 0 bridgehead atoms. The minimum atomic E-state index is -0.735. The molecule has 2 rings (SSSR count). The van der Waals surface area contributed by atoms with Crippen LogP contribution in [0.25, 0.3) is 0 Å². The Morgan fingerprint density at radius 1 is 1.12 bits per heavy atom. The summed E-state index contributed by atoms with van der Waals surface area (Å²) in [6, 6.07) is 12.0. The molecule has 0 fully saturated rings. The monoisotopic (exact) mass is 328 g/mol. The average Bonchev–Trinajstić information content (AvgIpc) is 2.54. The van der Waals surface area contributed by atoms with Crippen molar-refractivity contribution in [2.45, 2.75) is 20.0 Å². The minimum absolute atomic E-state index is 0.0242. The van der Waals surface area contributed by atoms with E-state index in [-0.39, 0.29) is 23.0 Å². The number of anilines is 1. The minimum Gasteiger partial charge on any atom is -0.447 e. The number of ketones is 1. The maximum atomic E-state index is 12.6. The number of nitrogens with one attached hydrogen (secondary N) is 1. The molecule has 0 aromatic heterocycles. The van der Waals surface area contributed by atoms with Gasteiger partial charge in [0.05, 0.1) is 22.3 Å². The van der Waals surface area contributed by atoms with Crippen molar-refractivity contribution in [2.24, 2.45) is 0 Å². The summed E-state index contributed by atoms with van der Waals surface area (Å²) in [6.45, 7) is 3.37. The predicted octanol–water partition coefficient (Wildman–Crippen LogP) is 3.78. The number of nitro groups is 1. The highest BCUT2D eigenvalue weighted by molar-refractivity contribution is 6.13.